The summed E-state index contributed by atoms with van der Waals surface area (Å²) in [5.74, 6) is -1.75. The van der Waals surface area contributed by atoms with Crippen LogP contribution >= 0.6 is 0 Å². The van der Waals surface area contributed by atoms with Crippen LogP contribution in [0.25, 0.3) is 0 Å². The van der Waals surface area contributed by atoms with Crippen molar-refractivity contribution in [2.45, 2.75) is 45.4 Å². The Labute approximate surface area is 239 Å². The number of nitro benzene ring substituents is 1. The van der Waals surface area contributed by atoms with Crippen molar-refractivity contribution in [3.05, 3.63) is 98.1 Å². The molecule has 0 saturated carbocycles. The largest absolute Gasteiger partial charge is 0.466 e. The van der Waals surface area contributed by atoms with Gasteiger partial charge >= 0.3 is 11.9 Å². The average molecular weight is 566 g/mol. The number of non-ortho nitro benzene ring substituents is 1. The van der Waals surface area contributed by atoms with Gasteiger partial charge in [0.25, 0.3) is 5.69 Å². The van der Waals surface area contributed by atoms with Gasteiger partial charge in [-0.05, 0) is 81.8 Å². The Bertz CT molecular complexity index is 1350. The summed E-state index contributed by atoms with van der Waals surface area (Å²) in [4.78, 5) is 39.5. The summed E-state index contributed by atoms with van der Waals surface area (Å²) in [5, 5.41) is 14.5. The molecule has 1 atom stereocenters. The van der Waals surface area contributed by atoms with Crippen molar-refractivity contribution in [3.8, 4) is 0 Å². The number of nitrogens with zero attached hydrogens (tertiary/aromatic N) is 2. The fourth-order valence-corrected chi connectivity index (χ4v) is 5.70. The van der Waals surface area contributed by atoms with Gasteiger partial charge in [-0.3, -0.25) is 10.1 Å². The van der Waals surface area contributed by atoms with Gasteiger partial charge in [0.2, 0.25) is 0 Å². The topological polar surface area (TPSA) is 111 Å². The first-order valence-electron chi connectivity index (χ1n) is 13.8. The van der Waals surface area contributed by atoms with Crippen LogP contribution in [-0.2, 0) is 25.5 Å². The number of rotatable bonds is 10. The summed E-state index contributed by atoms with van der Waals surface area (Å²) in [6, 6.07) is 12.6. The lowest BCUT2D eigenvalue weighted by molar-refractivity contribution is -0.384. The van der Waals surface area contributed by atoms with E-state index in [1.54, 1.807) is 19.9 Å². The van der Waals surface area contributed by atoms with Gasteiger partial charge in [0.15, 0.2) is 0 Å². The number of esters is 2. The maximum Gasteiger partial charge on any atom is 0.336 e. The molecule has 0 aromatic heterocycles. The van der Waals surface area contributed by atoms with Crippen LogP contribution < -0.4 is 5.32 Å². The minimum absolute atomic E-state index is 0.144. The number of nitro groups is 1. The third-order valence-electron chi connectivity index (χ3n) is 7.80. The van der Waals surface area contributed by atoms with E-state index in [2.05, 4.69) is 10.2 Å². The summed E-state index contributed by atoms with van der Waals surface area (Å²) < 4.78 is 23.8. The van der Waals surface area contributed by atoms with Crippen LogP contribution in [-0.4, -0.2) is 55.1 Å². The fourth-order valence-electron chi connectivity index (χ4n) is 5.70. The van der Waals surface area contributed by atoms with Gasteiger partial charge in [0.05, 0.1) is 35.7 Å². The number of piperidine rings is 1. The monoisotopic (exact) mass is 565 g/mol. The number of carbonyl (C=O) groups excluding carboxylic acids is 2. The molecule has 9 nitrogen and oxygen atoms in total. The molecule has 0 spiro atoms. The molecule has 1 fully saturated rings. The summed E-state index contributed by atoms with van der Waals surface area (Å²) in [6.45, 7) is 6.31. The van der Waals surface area contributed by atoms with Crippen LogP contribution in [0, 0.1) is 21.8 Å². The molecule has 1 N–H and O–H groups in total. The Hall–Kier alpha value is -4.05. The second-order valence-electron chi connectivity index (χ2n) is 10.6. The number of halogens is 1. The van der Waals surface area contributed by atoms with Gasteiger partial charge in [0.1, 0.15) is 5.82 Å². The summed E-state index contributed by atoms with van der Waals surface area (Å²) >= 11 is 0. The number of ether oxygens (including phenoxy) is 2. The number of benzene rings is 2. The third kappa shape index (κ3) is 7.38. The molecule has 2 heterocycles. The van der Waals surface area contributed by atoms with Crippen molar-refractivity contribution in [2.75, 3.05) is 33.4 Å². The SMILES string of the molecule is COC(=O)C1=C(C)NC(C)=C(C(=O)OCCCN2CCC(Cc3ccc(F)cc3)CC2)C1c1cccc([N+](=O)[O-])c1. The molecular weight excluding hydrogens is 529 g/mol. The second-order valence-corrected chi connectivity index (χ2v) is 10.6. The van der Waals surface area contributed by atoms with E-state index in [1.165, 1.54) is 37.4 Å². The minimum Gasteiger partial charge on any atom is -0.466 e. The third-order valence-corrected chi connectivity index (χ3v) is 7.80. The number of allylic oxidation sites excluding steroid dienone is 2. The molecule has 0 bridgehead atoms. The molecule has 2 aromatic carbocycles. The molecular formula is C31H36FN3O6. The number of likely N-dealkylation sites (tertiary alicyclic amines) is 1. The Balaban J connectivity index is 1.36. The lowest BCUT2D eigenvalue weighted by Gasteiger charge is -2.32. The first-order valence-corrected chi connectivity index (χ1v) is 13.8. The molecule has 2 aromatic rings. The van der Waals surface area contributed by atoms with Crippen LogP contribution in [0.3, 0.4) is 0 Å². The Morgan fingerprint density at radius 1 is 1.05 bits per heavy atom. The lowest BCUT2D eigenvalue weighted by Crippen LogP contribution is -2.35. The first kappa shape index (κ1) is 29.9. The maximum atomic E-state index is 13.4. The molecule has 0 radical (unpaired) electrons. The Morgan fingerprint density at radius 2 is 1.71 bits per heavy atom. The van der Waals surface area contributed by atoms with E-state index >= 15 is 0 Å². The van der Waals surface area contributed by atoms with Crippen LogP contribution in [0.2, 0.25) is 0 Å². The average Bonchev–Trinajstić information content (AvgIpc) is 2.96. The highest BCUT2D eigenvalue weighted by atomic mass is 19.1. The number of hydrogen-bond acceptors (Lipinski definition) is 8. The molecule has 2 aliphatic heterocycles. The zero-order valence-corrected chi connectivity index (χ0v) is 23.7. The van der Waals surface area contributed by atoms with Gasteiger partial charge in [-0.2, -0.15) is 0 Å². The van der Waals surface area contributed by atoms with E-state index in [-0.39, 0.29) is 29.3 Å². The number of dihydropyridines is 1. The molecule has 0 aliphatic carbocycles. The summed E-state index contributed by atoms with van der Waals surface area (Å²) in [6.07, 6.45) is 3.71. The summed E-state index contributed by atoms with van der Waals surface area (Å²) in [5.41, 5.74) is 2.88. The van der Waals surface area contributed by atoms with Gasteiger partial charge < -0.3 is 19.7 Å². The normalized spacial score (nSPS) is 18.2. The van der Waals surface area contributed by atoms with E-state index in [9.17, 15) is 24.1 Å². The van der Waals surface area contributed by atoms with Crippen molar-refractivity contribution in [2.24, 2.45) is 5.92 Å². The van der Waals surface area contributed by atoms with E-state index in [1.807, 2.05) is 12.1 Å². The summed E-state index contributed by atoms with van der Waals surface area (Å²) in [7, 11) is 1.25. The number of nitrogens with one attached hydrogen (secondary N) is 1. The second kappa shape index (κ2) is 13.5. The van der Waals surface area contributed by atoms with Crippen molar-refractivity contribution in [1.29, 1.82) is 0 Å². The number of methoxy groups -OCH3 is 1. The smallest absolute Gasteiger partial charge is 0.336 e. The Morgan fingerprint density at radius 3 is 2.34 bits per heavy atom. The molecule has 41 heavy (non-hydrogen) atoms. The molecule has 218 valence electrons. The highest BCUT2D eigenvalue weighted by Crippen LogP contribution is 2.40. The van der Waals surface area contributed by atoms with Gasteiger partial charge in [0, 0.05) is 30.1 Å². The van der Waals surface area contributed by atoms with Crippen LogP contribution in [0.15, 0.2) is 71.1 Å². The predicted molar refractivity (Wildman–Crippen MR) is 151 cm³/mol. The van der Waals surface area contributed by atoms with Crippen molar-refractivity contribution >= 4 is 17.6 Å². The van der Waals surface area contributed by atoms with E-state index in [0.29, 0.717) is 29.3 Å². The lowest BCUT2D eigenvalue weighted by atomic mass is 9.80. The van der Waals surface area contributed by atoms with E-state index < -0.39 is 22.8 Å². The van der Waals surface area contributed by atoms with Gasteiger partial charge in [-0.15, -0.1) is 0 Å². The molecule has 2 aliphatic rings. The van der Waals surface area contributed by atoms with E-state index in [4.69, 9.17) is 9.47 Å². The van der Waals surface area contributed by atoms with Gasteiger partial charge in [-0.25, -0.2) is 14.0 Å². The molecule has 1 saturated heterocycles. The van der Waals surface area contributed by atoms with E-state index in [0.717, 1.165) is 44.5 Å². The fraction of sp³-hybridized carbons (Fsp3) is 0.419. The molecule has 4 rings (SSSR count). The van der Waals surface area contributed by atoms with Crippen LogP contribution in [0.1, 0.15) is 50.2 Å². The van der Waals surface area contributed by atoms with Crippen molar-refractivity contribution in [1.82, 2.24) is 10.2 Å². The first-order chi connectivity index (χ1) is 19.7. The number of hydrogen-bond donors (Lipinski definition) is 1. The molecule has 1 unspecified atom stereocenters. The van der Waals surface area contributed by atoms with Crippen LogP contribution in [0.5, 0.6) is 0 Å². The highest BCUT2D eigenvalue weighted by molar-refractivity contribution is 5.99. The van der Waals surface area contributed by atoms with Gasteiger partial charge in [-0.1, -0.05) is 24.3 Å². The minimum atomic E-state index is -0.878. The molecule has 10 heteroatoms. The number of carbonyl (C=O) groups is 2. The van der Waals surface area contributed by atoms with Crippen molar-refractivity contribution < 1.29 is 28.4 Å². The zero-order chi connectivity index (χ0) is 29.5. The zero-order valence-electron chi connectivity index (χ0n) is 23.7. The predicted octanol–water partition coefficient (Wildman–Crippen LogP) is 5.03. The van der Waals surface area contributed by atoms with Crippen molar-refractivity contribution in [3.63, 3.8) is 0 Å². The maximum absolute atomic E-state index is 13.4. The quantitative estimate of drug-likeness (QED) is 0.185. The molecule has 0 amide bonds. The van der Waals surface area contributed by atoms with Crippen LogP contribution in [0.4, 0.5) is 10.1 Å². The standard InChI is InChI=1S/C31H36FN3O6/c1-20-27(30(36)40-3)29(24-6-4-7-26(19-24)35(38)39)28(21(2)33-20)31(37)41-17-5-14-34-15-12-23(13-16-34)18-22-8-10-25(32)11-9-22/h4,6-11,19,23,29,33H,5,12-18H2,1-3H3. The Kier molecular flexibility index (Phi) is 9.88. The highest BCUT2D eigenvalue weighted by Gasteiger charge is 2.38.